The zero-order valence-corrected chi connectivity index (χ0v) is 9.27. The Labute approximate surface area is 94.2 Å². The maximum atomic E-state index is 10.6. The molecule has 0 aromatic heterocycles. The van der Waals surface area contributed by atoms with Gasteiger partial charge in [0.05, 0.1) is 9.40 Å². The van der Waals surface area contributed by atoms with Gasteiger partial charge in [-0.15, -0.1) is 0 Å². The molecule has 5 N–H and O–H groups in total. The van der Waals surface area contributed by atoms with E-state index in [0.717, 1.165) is 0 Å². The van der Waals surface area contributed by atoms with Gasteiger partial charge in [-0.2, -0.15) is 0 Å². The van der Waals surface area contributed by atoms with Gasteiger partial charge in [0.15, 0.2) is 0 Å². The van der Waals surface area contributed by atoms with Gasteiger partial charge in [-0.25, -0.2) is 0 Å². The summed E-state index contributed by atoms with van der Waals surface area (Å²) in [6, 6.07) is 1.81. The average Bonchev–Trinajstić information content (AvgIpc) is 2.20. The molecule has 82 valence electrons. The van der Waals surface area contributed by atoms with Crippen molar-refractivity contribution in [1.29, 1.82) is 0 Å². The third-order valence-electron chi connectivity index (χ3n) is 1.94. The minimum Gasteiger partial charge on any atom is -0.506 e. The molecule has 0 fully saturated rings. The zero-order chi connectivity index (χ0) is 11.6. The fraction of sp³-hybridized carbons (Fsp3) is 0.250. The number of nitro groups is 1. The Balaban J connectivity index is 3.31. The minimum atomic E-state index is -0.624. The Bertz CT molecular complexity index is 397. The maximum absolute atomic E-state index is 10.6. The molecular formula is C8H10BrN3O3. The molecule has 1 aromatic rings. The van der Waals surface area contributed by atoms with E-state index in [4.69, 9.17) is 11.5 Å². The van der Waals surface area contributed by atoms with Crippen LogP contribution in [0.4, 0.5) is 5.69 Å². The van der Waals surface area contributed by atoms with Crippen molar-refractivity contribution in [1.82, 2.24) is 0 Å². The van der Waals surface area contributed by atoms with Crippen LogP contribution in [0.15, 0.2) is 16.6 Å². The molecule has 0 aliphatic carbocycles. The first-order valence-electron chi connectivity index (χ1n) is 4.09. The number of benzene rings is 1. The van der Waals surface area contributed by atoms with Gasteiger partial charge in [0.2, 0.25) is 0 Å². The highest BCUT2D eigenvalue weighted by atomic mass is 79.9. The summed E-state index contributed by atoms with van der Waals surface area (Å²) in [6.45, 7) is 0.0984. The van der Waals surface area contributed by atoms with Gasteiger partial charge < -0.3 is 16.6 Å². The standard InChI is InChI=1S/C8H10BrN3O3/c9-6-2-4(12(14)15)1-5(8(6)13)7(11)3-10/h1-2,7,13H,3,10-11H2/t7-/m0/s1. The molecule has 0 aliphatic rings. The van der Waals surface area contributed by atoms with E-state index < -0.39 is 11.0 Å². The molecule has 0 unspecified atom stereocenters. The lowest BCUT2D eigenvalue weighted by molar-refractivity contribution is -0.385. The van der Waals surface area contributed by atoms with Crippen LogP contribution in [0, 0.1) is 10.1 Å². The van der Waals surface area contributed by atoms with Gasteiger partial charge in [0.25, 0.3) is 5.69 Å². The molecule has 7 heteroatoms. The van der Waals surface area contributed by atoms with Gasteiger partial charge in [-0.3, -0.25) is 10.1 Å². The van der Waals surface area contributed by atoms with Gasteiger partial charge in [-0.1, -0.05) is 0 Å². The summed E-state index contributed by atoms with van der Waals surface area (Å²) in [5.74, 6) is -0.112. The van der Waals surface area contributed by atoms with E-state index in [2.05, 4.69) is 15.9 Å². The van der Waals surface area contributed by atoms with Crippen LogP contribution in [-0.2, 0) is 0 Å². The number of hydrogen-bond acceptors (Lipinski definition) is 5. The van der Waals surface area contributed by atoms with Crippen LogP contribution in [0.2, 0.25) is 0 Å². The fourth-order valence-corrected chi connectivity index (χ4v) is 1.58. The quantitative estimate of drug-likeness (QED) is 0.563. The number of non-ortho nitro benzene ring substituents is 1. The lowest BCUT2D eigenvalue weighted by Crippen LogP contribution is -2.21. The highest BCUT2D eigenvalue weighted by Gasteiger charge is 2.18. The number of rotatable bonds is 3. The Morgan fingerprint density at radius 3 is 2.67 bits per heavy atom. The topological polar surface area (TPSA) is 115 Å². The smallest absolute Gasteiger partial charge is 0.271 e. The number of phenolic OH excluding ortho intramolecular Hbond substituents is 1. The second-order valence-electron chi connectivity index (χ2n) is 2.96. The van der Waals surface area contributed by atoms with E-state index in [1.165, 1.54) is 12.1 Å². The van der Waals surface area contributed by atoms with Crippen molar-refractivity contribution in [3.63, 3.8) is 0 Å². The number of nitrogens with zero attached hydrogens (tertiary/aromatic N) is 1. The van der Waals surface area contributed by atoms with E-state index in [1.807, 2.05) is 0 Å². The van der Waals surface area contributed by atoms with E-state index in [0.29, 0.717) is 0 Å². The Morgan fingerprint density at radius 2 is 2.20 bits per heavy atom. The maximum Gasteiger partial charge on any atom is 0.271 e. The molecule has 0 aliphatic heterocycles. The van der Waals surface area contributed by atoms with Crippen molar-refractivity contribution in [2.45, 2.75) is 6.04 Å². The molecule has 0 radical (unpaired) electrons. The number of nitro benzene ring substituents is 1. The monoisotopic (exact) mass is 275 g/mol. The van der Waals surface area contributed by atoms with Crippen molar-refractivity contribution < 1.29 is 10.0 Å². The average molecular weight is 276 g/mol. The van der Waals surface area contributed by atoms with E-state index in [1.54, 1.807) is 0 Å². The van der Waals surface area contributed by atoms with Crippen LogP contribution in [0.1, 0.15) is 11.6 Å². The van der Waals surface area contributed by atoms with Crippen molar-refractivity contribution >= 4 is 21.6 Å². The molecule has 0 saturated carbocycles. The molecule has 0 saturated heterocycles. The second kappa shape index (κ2) is 4.56. The molecule has 1 atom stereocenters. The van der Waals surface area contributed by atoms with E-state index >= 15 is 0 Å². The van der Waals surface area contributed by atoms with Gasteiger partial charge in [0, 0.05) is 30.3 Å². The lowest BCUT2D eigenvalue weighted by Gasteiger charge is -2.11. The van der Waals surface area contributed by atoms with Gasteiger partial charge in [0.1, 0.15) is 5.75 Å². The summed E-state index contributed by atoms with van der Waals surface area (Å²) in [5.41, 5.74) is 11.1. The summed E-state index contributed by atoms with van der Waals surface area (Å²) in [7, 11) is 0. The molecule has 0 spiro atoms. The number of halogens is 1. The lowest BCUT2D eigenvalue weighted by atomic mass is 10.1. The third kappa shape index (κ3) is 2.44. The van der Waals surface area contributed by atoms with Crippen LogP contribution in [0.3, 0.4) is 0 Å². The molecule has 0 bridgehead atoms. The van der Waals surface area contributed by atoms with Crippen LogP contribution in [-0.4, -0.2) is 16.6 Å². The highest BCUT2D eigenvalue weighted by Crippen LogP contribution is 2.34. The first-order chi connectivity index (χ1) is 6.97. The molecule has 0 heterocycles. The molecule has 1 aromatic carbocycles. The second-order valence-corrected chi connectivity index (χ2v) is 3.82. The Morgan fingerprint density at radius 1 is 1.60 bits per heavy atom. The summed E-state index contributed by atoms with van der Waals surface area (Å²) in [6.07, 6.45) is 0. The van der Waals surface area contributed by atoms with E-state index in [-0.39, 0.29) is 28.0 Å². The SMILES string of the molecule is NC[C@H](N)c1cc([N+](=O)[O-])cc(Br)c1O. The van der Waals surface area contributed by atoms with Crippen molar-refractivity contribution in [2.24, 2.45) is 11.5 Å². The van der Waals surface area contributed by atoms with Crippen LogP contribution in [0.5, 0.6) is 5.75 Å². The molecular weight excluding hydrogens is 266 g/mol. The predicted octanol–water partition coefficient (Wildman–Crippen LogP) is 1.02. The summed E-state index contributed by atoms with van der Waals surface area (Å²) < 4.78 is 0.232. The number of phenols is 1. The fourth-order valence-electron chi connectivity index (χ4n) is 1.12. The predicted molar refractivity (Wildman–Crippen MR) is 58.4 cm³/mol. The zero-order valence-electron chi connectivity index (χ0n) is 7.68. The largest absolute Gasteiger partial charge is 0.506 e. The first-order valence-corrected chi connectivity index (χ1v) is 4.89. The number of nitrogens with two attached hydrogens (primary N) is 2. The van der Waals surface area contributed by atoms with Gasteiger partial charge in [-0.05, 0) is 15.9 Å². The van der Waals surface area contributed by atoms with E-state index in [9.17, 15) is 15.2 Å². The minimum absolute atomic E-state index is 0.0984. The highest BCUT2D eigenvalue weighted by molar-refractivity contribution is 9.10. The summed E-state index contributed by atoms with van der Waals surface area (Å²) >= 11 is 3.01. The van der Waals surface area contributed by atoms with Crippen LogP contribution in [0.25, 0.3) is 0 Å². The molecule has 1 rings (SSSR count). The molecule has 6 nitrogen and oxygen atoms in total. The van der Waals surface area contributed by atoms with Crippen molar-refractivity contribution in [3.05, 3.63) is 32.3 Å². The normalized spacial score (nSPS) is 12.5. The molecule has 15 heavy (non-hydrogen) atoms. The summed E-state index contributed by atoms with van der Waals surface area (Å²) in [5, 5.41) is 20.2. The number of hydrogen-bond donors (Lipinski definition) is 3. The summed E-state index contributed by atoms with van der Waals surface area (Å²) in [4.78, 5) is 10.0. The third-order valence-corrected chi connectivity index (χ3v) is 2.55. The first kappa shape index (κ1) is 11.9. The number of aromatic hydroxyl groups is 1. The van der Waals surface area contributed by atoms with Crippen molar-refractivity contribution in [2.75, 3.05) is 6.54 Å². The van der Waals surface area contributed by atoms with Gasteiger partial charge >= 0.3 is 0 Å². The van der Waals surface area contributed by atoms with Crippen LogP contribution >= 0.6 is 15.9 Å². The molecule has 0 amide bonds. The Hall–Kier alpha value is -1.18. The Kier molecular flexibility index (Phi) is 3.61. The van der Waals surface area contributed by atoms with Crippen molar-refractivity contribution in [3.8, 4) is 5.75 Å². The van der Waals surface area contributed by atoms with Crippen LogP contribution < -0.4 is 11.5 Å².